The first-order chi connectivity index (χ1) is 18.3. The van der Waals surface area contributed by atoms with Crippen LogP contribution < -0.4 is 10.6 Å². The number of Topliss-reactive ketones (excluding diaryl/α,β-unsaturated/α-hetero) is 1. The van der Waals surface area contributed by atoms with Crippen molar-refractivity contribution in [3.05, 3.63) is 89.6 Å². The van der Waals surface area contributed by atoms with Gasteiger partial charge in [-0.05, 0) is 50.2 Å². The van der Waals surface area contributed by atoms with Crippen molar-refractivity contribution in [1.29, 1.82) is 0 Å². The number of thiophene rings is 1. The number of aliphatic hydroxyl groups is 1. The van der Waals surface area contributed by atoms with Crippen LogP contribution in [-0.2, 0) is 6.54 Å². The summed E-state index contributed by atoms with van der Waals surface area (Å²) in [5, 5.41) is 24.3. The van der Waals surface area contributed by atoms with Crippen LogP contribution in [0.15, 0.2) is 79.1 Å². The first-order valence-corrected chi connectivity index (χ1v) is 12.8. The lowest BCUT2D eigenvalue weighted by atomic mass is 10.1. The summed E-state index contributed by atoms with van der Waals surface area (Å²) in [7, 11) is 0. The third-order valence-corrected chi connectivity index (χ3v) is 6.90. The topological polar surface area (TPSA) is 122 Å². The van der Waals surface area contributed by atoms with Gasteiger partial charge in [0.05, 0.1) is 47.0 Å². The molecular weight excluding hydrogens is 500 g/mol. The highest BCUT2D eigenvalue weighted by molar-refractivity contribution is 7.17. The summed E-state index contributed by atoms with van der Waals surface area (Å²) >= 11 is 1.34. The predicted molar refractivity (Wildman–Crippen MR) is 149 cm³/mol. The number of imidazole rings is 1. The lowest BCUT2D eigenvalue weighted by Crippen LogP contribution is -2.27. The smallest absolute Gasteiger partial charge is 0.268 e. The van der Waals surface area contributed by atoms with Crippen LogP contribution in [0.3, 0.4) is 0 Å². The number of carbonyl (C=O) groups is 2. The summed E-state index contributed by atoms with van der Waals surface area (Å²) in [6.07, 6.45) is 3.25. The molecule has 9 nitrogen and oxygen atoms in total. The molecule has 3 heterocycles. The Balaban J connectivity index is 1.38. The van der Waals surface area contributed by atoms with Crippen molar-refractivity contribution in [2.24, 2.45) is 0 Å². The van der Waals surface area contributed by atoms with E-state index in [0.29, 0.717) is 21.9 Å². The number of hydrogen-bond acceptors (Lipinski definition) is 8. The molecule has 0 bridgehead atoms. The number of hydrogen-bond donors (Lipinski definition) is 3. The normalized spacial score (nSPS) is 11.4. The predicted octanol–water partition coefficient (Wildman–Crippen LogP) is 4.87. The fraction of sp³-hybridized carbons (Fsp3) is 0.179. The van der Waals surface area contributed by atoms with Gasteiger partial charge in [-0.15, -0.1) is 11.3 Å². The Morgan fingerprint density at radius 3 is 2.58 bits per heavy atom. The molecule has 0 radical (unpaired) electrons. The quantitative estimate of drug-likeness (QED) is 0.234. The average molecular weight is 527 g/mol. The first kappa shape index (κ1) is 25.2. The van der Waals surface area contributed by atoms with Crippen LogP contribution in [-0.4, -0.2) is 48.7 Å². The molecule has 1 amide bonds. The minimum Gasteiger partial charge on any atom is -0.389 e. The van der Waals surface area contributed by atoms with Crippen molar-refractivity contribution in [2.45, 2.75) is 26.0 Å². The number of anilines is 2. The monoisotopic (exact) mass is 526 g/mol. The van der Waals surface area contributed by atoms with E-state index in [1.54, 1.807) is 49.0 Å². The minimum absolute atomic E-state index is 0.0240. The summed E-state index contributed by atoms with van der Waals surface area (Å²) in [6, 6.07) is 20.1. The Hall–Kier alpha value is -4.41. The van der Waals surface area contributed by atoms with Gasteiger partial charge in [-0.3, -0.25) is 14.9 Å². The number of rotatable bonds is 9. The second-order valence-electron chi connectivity index (χ2n) is 9.43. The zero-order chi connectivity index (χ0) is 26.7. The van der Waals surface area contributed by atoms with Crippen molar-refractivity contribution in [3.63, 3.8) is 0 Å². The lowest BCUT2D eigenvalue weighted by Gasteiger charge is -2.20. The van der Waals surface area contributed by atoms with Crippen LogP contribution in [0.1, 0.15) is 33.9 Å². The molecular formula is C28H26N6O3S. The number of fused-ring (bicyclic) bond motifs is 1. The van der Waals surface area contributed by atoms with E-state index in [1.807, 2.05) is 48.5 Å². The second-order valence-corrected chi connectivity index (χ2v) is 10.5. The Bertz CT molecular complexity index is 1590. The highest BCUT2D eigenvalue weighted by Crippen LogP contribution is 2.29. The Labute approximate surface area is 223 Å². The van der Waals surface area contributed by atoms with Crippen molar-refractivity contribution < 1.29 is 14.7 Å². The van der Waals surface area contributed by atoms with Crippen molar-refractivity contribution in [1.82, 2.24) is 19.7 Å². The van der Waals surface area contributed by atoms with Crippen LogP contribution in [0.4, 0.5) is 11.6 Å². The van der Waals surface area contributed by atoms with Crippen molar-refractivity contribution >= 4 is 45.7 Å². The molecule has 0 fully saturated rings. The molecule has 3 aromatic heterocycles. The maximum Gasteiger partial charge on any atom is 0.268 e. The lowest BCUT2D eigenvalue weighted by molar-refractivity contribution is 0.0630. The van der Waals surface area contributed by atoms with E-state index < -0.39 is 5.60 Å². The fourth-order valence-electron chi connectivity index (χ4n) is 4.01. The Morgan fingerprint density at radius 2 is 1.84 bits per heavy atom. The third kappa shape index (κ3) is 5.77. The Morgan fingerprint density at radius 1 is 1.03 bits per heavy atom. The number of carbonyl (C=O) groups excluding carboxylic acids is 2. The van der Waals surface area contributed by atoms with Crippen LogP contribution in [0.5, 0.6) is 0 Å². The van der Waals surface area contributed by atoms with Gasteiger partial charge in [-0.25, -0.2) is 4.98 Å². The molecule has 0 aliphatic rings. The highest BCUT2D eigenvalue weighted by atomic mass is 32.1. The van der Waals surface area contributed by atoms with Crippen molar-refractivity contribution in [2.75, 3.05) is 17.2 Å². The van der Waals surface area contributed by atoms with E-state index in [4.69, 9.17) is 0 Å². The van der Waals surface area contributed by atoms with Crippen LogP contribution in [0, 0.1) is 0 Å². The third-order valence-electron chi connectivity index (χ3n) is 5.77. The van der Waals surface area contributed by atoms with Gasteiger partial charge in [0.1, 0.15) is 0 Å². The molecule has 0 saturated heterocycles. The molecule has 3 N–H and O–H groups in total. The molecule has 192 valence electrons. The number of benzene rings is 2. The summed E-state index contributed by atoms with van der Waals surface area (Å²) in [4.78, 5) is 31.7. The maximum atomic E-state index is 13.1. The van der Waals surface area contributed by atoms with Gasteiger partial charge in [0.2, 0.25) is 5.95 Å². The molecule has 0 saturated carbocycles. The van der Waals surface area contributed by atoms with Gasteiger partial charge in [-0.2, -0.15) is 10.2 Å². The van der Waals surface area contributed by atoms with Crippen LogP contribution >= 0.6 is 11.3 Å². The van der Waals surface area contributed by atoms with Crippen LogP contribution in [0.25, 0.3) is 21.5 Å². The molecule has 0 atom stereocenters. The number of nitrogens with zero attached hydrogens (tertiary/aromatic N) is 4. The molecule has 38 heavy (non-hydrogen) atoms. The molecule has 0 spiro atoms. The minimum atomic E-state index is -1.05. The van der Waals surface area contributed by atoms with Gasteiger partial charge >= 0.3 is 0 Å². The average Bonchev–Trinajstić information content (AvgIpc) is 3.53. The number of nitrogens with one attached hydrogen (secondary N) is 2. The summed E-state index contributed by atoms with van der Waals surface area (Å²) < 4.78 is 1.79. The van der Waals surface area contributed by atoms with Gasteiger partial charge in [-0.1, -0.05) is 30.3 Å². The molecule has 10 heteroatoms. The second kappa shape index (κ2) is 10.5. The van der Waals surface area contributed by atoms with E-state index >= 15 is 0 Å². The van der Waals surface area contributed by atoms with E-state index in [1.165, 1.54) is 11.3 Å². The van der Waals surface area contributed by atoms with Gasteiger partial charge < -0.3 is 15.0 Å². The fourth-order valence-corrected chi connectivity index (χ4v) is 4.90. The first-order valence-electron chi connectivity index (χ1n) is 12.0. The summed E-state index contributed by atoms with van der Waals surface area (Å²) in [5.74, 6) is -0.00314. The molecule has 5 aromatic rings. The number of aromatic nitrogens is 4. The molecule has 5 rings (SSSR count). The molecule has 0 aliphatic carbocycles. The summed E-state index contributed by atoms with van der Waals surface area (Å²) in [6.45, 7) is 3.75. The molecule has 0 unspecified atom stereocenters. The van der Waals surface area contributed by atoms with E-state index in [2.05, 4.69) is 25.8 Å². The number of amides is 1. The summed E-state index contributed by atoms with van der Waals surface area (Å²) in [5.41, 5.74) is 2.56. The largest absolute Gasteiger partial charge is 0.389 e. The maximum absolute atomic E-state index is 13.1. The van der Waals surface area contributed by atoms with Gasteiger partial charge in [0, 0.05) is 21.7 Å². The zero-order valence-electron chi connectivity index (χ0n) is 20.9. The van der Waals surface area contributed by atoms with E-state index in [9.17, 15) is 14.7 Å². The zero-order valence-corrected chi connectivity index (χ0v) is 21.7. The molecule has 2 aromatic carbocycles. The number of ketones is 1. The van der Waals surface area contributed by atoms with Crippen LogP contribution in [0.2, 0.25) is 0 Å². The Kier molecular flexibility index (Phi) is 6.99. The SMILES string of the molecule is CC(C)(O)Cn1c(NC(=O)c2ccc(-c3ccnnc3)s2)nc2cc(NCC(=O)c3ccccc3)ccc21. The standard InChI is InChI=1S/C28H26N6O3S/c1-28(2,37)17-34-22-9-8-20(29-16-23(35)18-6-4-3-5-7-18)14-21(22)32-27(34)33-26(36)25-11-10-24(38-25)19-12-13-30-31-15-19/h3-15,29,37H,16-17H2,1-2H3,(H,32,33,36). The van der Waals surface area contributed by atoms with Gasteiger partial charge in [0.15, 0.2) is 5.78 Å². The van der Waals surface area contributed by atoms with Crippen molar-refractivity contribution in [3.8, 4) is 10.4 Å². The molecule has 0 aliphatic heterocycles. The highest BCUT2D eigenvalue weighted by Gasteiger charge is 2.22. The van der Waals surface area contributed by atoms with Gasteiger partial charge in [0.25, 0.3) is 5.91 Å². The van der Waals surface area contributed by atoms with E-state index in [0.717, 1.165) is 21.6 Å². The van der Waals surface area contributed by atoms with E-state index in [-0.39, 0.29) is 24.8 Å².